The molecule has 2 aliphatic heterocycles. The van der Waals surface area contributed by atoms with E-state index in [-0.39, 0.29) is 31.1 Å². The van der Waals surface area contributed by atoms with E-state index in [4.69, 9.17) is 14.6 Å². The maximum atomic E-state index is 14.3. The number of carboxylic acids is 1. The Bertz CT molecular complexity index is 2460. The van der Waals surface area contributed by atoms with Gasteiger partial charge < -0.3 is 19.1 Å². The van der Waals surface area contributed by atoms with Gasteiger partial charge in [-0.15, -0.1) is 0 Å². The number of carboxylic acid groups (broad SMARTS) is 1. The molecule has 2 aromatic heterocycles. The van der Waals surface area contributed by atoms with Crippen LogP contribution in [0.4, 0.5) is 0 Å². The van der Waals surface area contributed by atoms with Crippen molar-refractivity contribution in [2.45, 2.75) is 39.4 Å². The average Bonchev–Trinajstić information content (AvgIpc) is 3.64. The number of para-hydroxylation sites is 1. The number of aromatic carboxylic acids is 1. The van der Waals surface area contributed by atoms with Crippen LogP contribution in [0.3, 0.4) is 0 Å². The highest BCUT2D eigenvalue weighted by Crippen LogP contribution is 2.40. The Kier molecular flexibility index (Phi) is 10.0. The van der Waals surface area contributed by atoms with Gasteiger partial charge in [-0.1, -0.05) is 78.9 Å². The van der Waals surface area contributed by atoms with Crippen molar-refractivity contribution >= 4 is 37.7 Å². The van der Waals surface area contributed by atoms with Crippen LogP contribution in [0.2, 0.25) is 0 Å². The lowest BCUT2D eigenvalue weighted by molar-refractivity contribution is 0.0407. The highest BCUT2D eigenvalue weighted by Gasteiger charge is 2.32. The van der Waals surface area contributed by atoms with Crippen LogP contribution in [0.1, 0.15) is 45.0 Å². The Hall–Kier alpha value is -5.01. The molecular formula is C42H45N5O6S. The number of nitrogens with zero attached hydrogens (tertiary/aromatic N) is 5. The Labute approximate surface area is 315 Å². The summed E-state index contributed by atoms with van der Waals surface area (Å²) in [6, 6.07) is 27.8. The number of aryl methyl sites for hydroxylation is 2. The Morgan fingerprint density at radius 2 is 1.59 bits per heavy atom. The Morgan fingerprint density at radius 1 is 0.889 bits per heavy atom. The monoisotopic (exact) mass is 747 g/mol. The molecule has 0 amide bonds. The quantitative estimate of drug-likeness (QED) is 0.164. The summed E-state index contributed by atoms with van der Waals surface area (Å²) >= 11 is 0. The molecule has 1 N–H and O–H groups in total. The second-order valence-corrected chi connectivity index (χ2v) is 16.3. The standard InChI is InChI=1S/C42H45N5O6S/c1-29-39-36-16-8-15-34-35(17-9-22-53-38-18-7-13-30-10-5-6-14-33(30)38)41(42(48)49)47(40(34)36)27-32-12-4-3-11-31(32)26-46(28-37(39)43-44(29)2)54(50,51)25-21-45-19-23-52-24-20-45/h3-8,10-16,18H,9,17,19-28H2,1-2H3,(H,48,49). The van der Waals surface area contributed by atoms with Gasteiger partial charge in [-0.25, -0.2) is 13.2 Å². The lowest BCUT2D eigenvalue weighted by Crippen LogP contribution is -2.42. The number of sulfonamides is 1. The molecule has 4 heterocycles. The number of hydrogen-bond acceptors (Lipinski definition) is 7. The van der Waals surface area contributed by atoms with Crippen molar-refractivity contribution in [1.29, 1.82) is 0 Å². The molecule has 0 unspecified atom stereocenters. The van der Waals surface area contributed by atoms with Crippen molar-refractivity contribution in [1.82, 2.24) is 23.6 Å². The second kappa shape index (κ2) is 15.0. The van der Waals surface area contributed by atoms with Crippen molar-refractivity contribution in [3.63, 3.8) is 0 Å². The van der Waals surface area contributed by atoms with Gasteiger partial charge >= 0.3 is 5.97 Å². The minimum absolute atomic E-state index is 0.0252. The molecule has 54 heavy (non-hydrogen) atoms. The summed E-state index contributed by atoms with van der Waals surface area (Å²) in [5, 5.41) is 18.8. The van der Waals surface area contributed by atoms with Crippen molar-refractivity contribution in [2.24, 2.45) is 7.05 Å². The molecule has 0 spiro atoms. The van der Waals surface area contributed by atoms with Gasteiger partial charge in [-0.2, -0.15) is 9.40 Å². The van der Waals surface area contributed by atoms with E-state index >= 15 is 0 Å². The molecule has 0 radical (unpaired) electrons. The van der Waals surface area contributed by atoms with Crippen LogP contribution >= 0.6 is 0 Å². The molecular weight excluding hydrogens is 703 g/mol. The predicted molar refractivity (Wildman–Crippen MR) is 209 cm³/mol. The van der Waals surface area contributed by atoms with E-state index in [2.05, 4.69) is 17.0 Å². The number of aromatic nitrogens is 3. The fourth-order valence-electron chi connectivity index (χ4n) is 8.07. The first-order valence-corrected chi connectivity index (χ1v) is 20.2. The number of rotatable bonds is 10. The zero-order chi connectivity index (χ0) is 37.4. The summed E-state index contributed by atoms with van der Waals surface area (Å²) in [4.78, 5) is 15.5. The summed E-state index contributed by atoms with van der Waals surface area (Å²) in [7, 11) is -1.88. The number of carbonyl (C=O) groups is 1. The highest BCUT2D eigenvalue weighted by molar-refractivity contribution is 7.89. The zero-order valence-electron chi connectivity index (χ0n) is 30.7. The first kappa shape index (κ1) is 36.0. The smallest absolute Gasteiger partial charge is 0.352 e. The van der Waals surface area contributed by atoms with Crippen LogP contribution in [0, 0.1) is 6.92 Å². The molecule has 2 aliphatic rings. The molecule has 12 heteroatoms. The van der Waals surface area contributed by atoms with E-state index < -0.39 is 16.0 Å². The maximum absolute atomic E-state index is 14.3. The van der Waals surface area contributed by atoms with Crippen molar-refractivity contribution in [3.05, 3.63) is 119 Å². The van der Waals surface area contributed by atoms with Crippen molar-refractivity contribution < 1.29 is 27.8 Å². The summed E-state index contributed by atoms with van der Waals surface area (Å²) in [6.45, 7) is 5.89. The molecule has 11 nitrogen and oxygen atoms in total. The van der Waals surface area contributed by atoms with E-state index in [0.29, 0.717) is 58.0 Å². The topological polar surface area (TPSA) is 119 Å². The van der Waals surface area contributed by atoms with Gasteiger partial charge in [0.05, 0.1) is 43.3 Å². The fourth-order valence-corrected chi connectivity index (χ4v) is 9.47. The van der Waals surface area contributed by atoms with Crippen LogP contribution in [0.25, 0.3) is 32.8 Å². The second-order valence-electron chi connectivity index (χ2n) is 14.2. The molecule has 0 atom stereocenters. The summed E-state index contributed by atoms with van der Waals surface area (Å²) in [5.41, 5.74) is 6.63. The maximum Gasteiger partial charge on any atom is 0.352 e. The summed E-state index contributed by atoms with van der Waals surface area (Å²) < 4.78 is 45.5. The van der Waals surface area contributed by atoms with Crippen molar-refractivity contribution in [3.8, 4) is 16.9 Å². The Balaban J connectivity index is 1.21. The number of hydrogen-bond donors (Lipinski definition) is 1. The zero-order valence-corrected chi connectivity index (χ0v) is 31.5. The molecule has 6 aromatic rings. The lowest BCUT2D eigenvalue weighted by atomic mass is 9.98. The van der Waals surface area contributed by atoms with Gasteiger partial charge in [0.25, 0.3) is 0 Å². The van der Waals surface area contributed by atoms with E-state index in [1.165, 1.54) is 0 Å². The van der Waals surface area contributed by atoms with E-state index in [1.807, 2.05) is 91.3 Å². The minimum atomic E-state index is -3.74. The van der Waals surface area contributed by atoms with Crippen LogP contribution < -0.4 is 4.74 Å². The predicted octanol–water partition coefficient (Wildman–Crippen LogP) is 6.24. The van der Waals surface area contributed by atoms with Crippen LogP contribution in [0.5, 0.6) is 5.75 Å². The summed E-state index contributed by atoms with van der Waals surface area (Å²) in [5.74, 6) is -0.230. The third kappa shape index (κ3) is 6.90. The van der Waals surface area contributed by atoms with E-state index in [1.54, 1.807) is 8.99 Å². The normalized spacial score (nSPS) is 15.5. The lowest BCUT2D eigenvalue weighted by Gasteiger charge is -2.28. The molecule has 1 saturated heterocycles. The van der Waals surface area contributed by atoms with E-state index in [9.17, 15) is 18.3 Å². The molecule has 280 valence electrons. The van der Waals surface area contributed by atoms with Gasteiger partial charge in [0.2, 0.25) is 10.0 Å². The van der Waals surface area contributed by atoms with Gasteiger partial charge in [0.1, 0.15) is 11.4 Å². The van der Waals surface area contributed by atoms with Gasteiger partial charge in [0.15, 0.2) is 0 Å². The molecule has 0 aliphatic carbocycles. The third-order valence-corrected chi connectivity index (χ3v) is 12.7. The third-order valence-electron chi connectivity index (χ3n) is 10.9. The van der Waals surface area contributed by atoms with Crippen LogP contribution in [0.15, 0.2) is 84.9 Å². The number of ether oxygens (including phenoxy) is 2. The number of morpholine rings is 1. The molecule has 8 rings (SSSR count). The Morgan fingerprint density at radius 3 is 2.39 bits per heavy atom. The largest absolute Gasteiger partial charge is 0.493 e. The minimum Gasteiger partial charge on any atom is -0.493 e. The highest BCUT2D eigenvalue weighted by atomic mass is 32.2. The van der Waals surface area contributed by atoms with Crippen molar-refractivity contribution in [2.75, 3.05) is 45.2 Å². The van der Waals surface area contributed by atoms with Gasteiger partial charge in [-0.05, 0) is 47.9 Å². The SMILES string of the molecule is Cc1c2c(nn1C)CN(S(=O)(=O)CCN1CCOCC1)Cc1ccccc1Cn1c(C(=O)O)c(CCCOc3cccc4ccccc34)c3cccc-2c31. The van der Waals surface area contributed by atoms with Crippen LogP contribution in [-0.2, 0) is 47.9 Å². The molecule has 1 fully saturated rings. The summed E-state index contributed by atoms with van der Waals surface area (Å²) in [6.07, 6.45) is 1.10. The molecule has 0 saturated carbocycles. The first-order chi connectivity index (χ1) is 26.2. The fraction of sp³-hybridized carbons (Fsp3) is 0.333. The van der Waals surface area contributed by atoms with Crippen LogP contribution in [-0.4, -0.2) is 88.3 Å². The molecule has 4 aromatic carbocycles. The van der Waals surface area contributed by atoms with Gasteiger partial charge in [0, 0.05) is 67.4 Å². The first-order valence-electron chi connectivity index (χ1n) is 18.5. The van der Waals surface area contributed by atoms with Gasteiger partial charge in [-0.3, -0.25) is 9.58 Å². The number of fused-ring (bicyclic) bond motifs is 4. The molecule has 0 bridgehead atoms. The van der Waals surface area contributed by atoms with E-state index in [0.717, 1.165) is 60.9 Å². The average molecular weight is 748 g/mol. The number of benzene rings is 4.